The first kappa shape index (κ1) is 11.8. The minimum atomic E-state index is -0.199. The van der Waals surface area contributed by atoms with Crippen molar-refractivity contribution in [1.82, 2.24) is 0 Å². The van der Waals surface area contributed by atoms with E-state index in [9.17, 15) is 4.39 Å². The molecule has 0 heterocycles. The van der Waals surface area contributed by atoms with Gasteiger partial charge < -0.3 is 5.73 Å². The van der Waals surface area contributed by atoms with Crippen molar-refractivity contribution in [2.45, 2.75) is 19.9 Å². The summed E-state index contributed by atoms with van der Waals surface area (Å²) in [5.74, 6) is -0.189. The Morgan fingerprint density at radius 2 is 1.71 bits per heavy atom. The highest BCUT2D eigenvalue weighted by Gasteiger charge is 2.11. The summed E-state index contributed by atoms with van der Waals surface area (Å²) >= 11 is 0. The Morgan fingerprint density at radius 1 is 1.00 bits per heavy atom. The maximum absolute atomic E-state index is 13.2. The monoisotopic (exact) mass is 229 g/mol. The van der Waals surface area contributed by atoms with Crippen LogP contribution >= 0.6 is 0 Å². The van der Waals surface area contributed by atoms with Crippen LogP contribution in [-0.2, 0) is 0 Å². The molecule has 0 aliphatic rings. The third-order valence-corrected chi connectivity index (χ3v) is 3.06. The lowest BCUT2D eigenvalue weighted by Gasteiger charge is -2.15. The van der Waals surface area contributed by atoms with E-state index in [1.165, 1.54) is 6.07 Å². The summed E-state index contributed by atoms with van der Waals surface area (Å²) in [6.07, 6.45) is 0. The van der Waals surface area contributed by atoms with Gasteiger partial charge in [-0.25, -0.2) is 4.39 Å². The van der Waals surface area contributed by atoms with Gasteiger partial charge in [0, 0.05) is 0 Å². The molecule has 0 amide bonds. The molecule has 2 rings (SSSR count). The second-order valence-electron chi connectivity index (χ2n) is 4.34. The van der Waals surface area contributed by atoms with Crippen molar-refractivity contribution in [3.8, 4) is 0 Å². The summed E-state index contributed by atoms with van der Waals surface area (Å²) in [5.41, 5.74) is 10.0. The van der Waals surface area contributed by atoms with E-state index in [0.717, 1.165) is 16.7 Å². The van der Waals surface area contributed by atoms with Gasteiger partial charge in [-0.1, -0.05) is 36.4 Å². The molecule has 1 atom stereocenters. The molecule has 2 aromatic rings. The molecule has 0 radical (unpaired) electrons. The van der Waals surface area contributed by atoms with E-state index in [4.69, 9.17) is 5.73 Å². The minimum absolute atomic E-state index is 0.189. The van der Waals surface area contributed by atoms with Crippen LogP contribution in [0.25, 0.3) is 0 Å². The van der Waals surface area contributed by atoms with Crippen LogP contribution in [0.5, 0.6) is 0 Å². The van der Waals surface area contributed by atoms with Gasteiger partial charge in [0.15, 0.2) is 0 Å². The molecule has 2 heteroatoms. The summed E-state index contributed by atoms with van der Waals surface area (Å²) in [5, 5.41) is 0. The molecule has 0 fully saturated rings. The van der Waals surface area contributed by atoms with E-state index in [1.54, 1.807) is 13.0 Å². The van der Waals surface area contributed by atoms with E-state index >= 15 is 0 Å². The minimum Gasteiger partial charge on any atom is -0.320 e. The van der Waals surface area contributed by atoms with Gasteiger partial charge in [0.05, 0.1) is 6.04 Å². The summed E-state index contributed by atoms with van der Waals surface area (Å²) < 4.78 is 13.2. The van der Waals surface area contributed by atoms with E-state index in [2.05, 4.69) is 0 Å². The SMILES string of the molecule is Cc1cc(C(N)c2ccccc2C)ccc1F. The lowest BCUT2D eigenvalue weighted by Crippen LogP contribution is -2.13. The van der Waals surface area contributed by atoms with Crippen molar-refractivity contribution in [3.63, 3.8) is 0 Å². The van der Waals surface area contributed by atoms with Crippen LogP contribution in [0.15, 0.2) is 42.5 Å². The average molecular weight is 229 g/mol. The number of hydrogen-bond donors (Lipinski definition) is 1. The Hall–Kier alpha value is -1.67. The average Bonchev–Trinajstić information content (AvgIpc) is 2.32. The van der Waals surface area contributed by atoms with E-state index < -0.39 is 0 Å². The normalized spacial score (nSPS) is 12.5. The Kier molecular flexibility index (Phi) is 3.25. The van der Waals surface area contributed by atoms with Gasteiger partial charge in [-0.15, -0.1) is 0 Å². The van der Waals surface area contributed by atoms with Gasteiger partial charge in [-0.2, -0.15) is 0 Å². The zero-order valence-corrected chi connectivity index (χ0v) is 10.1. The second-order valence-corrected chi connectivity index (χ2v) is 4.34. The van der Waals surface area contributed by atoms with Crippen molar-refractivity contribution < 1.29 is 4.39 Å². The molecule has 0 spiro atoms. The molecule has 17 heavy (non-hydrogen) atoms. The van der Waals surface area contributed by atoms with Crippen LogP contribution in [0.2, 0.25) is 0 Å². The summed E-state index contributed by atoms with van der Waals surface area (Å²) in [7, 11) is 0. The van der Waals surface area contributed by atoms with Gasteiger partial charge in [0.1, 0.15) is 5.82 Å². The maximum atomic E-state index is 13.2. The summed E-state index contributed by atoms with van der Waals surface area (Å²) in [6.45, 7) is 3.79. The summed E-state index contributed by atoms with van der Waals surface area (Å²) in [6, 6.07) is 12.8. The molecule has 88 valence electrons. The van der Waals surface area contributed by atoms with Crippen LogP contribution in [0.4, 0.5) is 4.39 Å². The molecule has 0 saturated heterocycles. The Balaban J connectivity index is 2.40. The highest BCUT2D eigenvalue weighted by Crippen LogP contribution is 2.23. The standard InChI is InChI=1S/C15H16FN/c1-10-5-3-4-6-13(10)15(17)12-7-8-14(16)11(2)9-12/h3-9,15H,17H2,1-2H3. The first-order valence-electron chi connectivity index (χ1n) is 5.67. The molecule has 0 aliphatic heterocycles. The predicted octanol–water partition coefficient (Wildman–Crippen LogP) is 3.49. The fraction of sp³-hybridized carbons (Fsp3) is 0.200. The van der Waals surface area contributed by atoms with E-state index in [1.807, 2.05) is 37.3 Å². The highest BCUT2D eigenvalue weighted by molar-refractivity contribution is 5.37. The number of rotatable bonds is 2. The zero-order valence-electron chi connectivity index (χ0n) is 10.1. The quantitative estimate of drug-likeness (QED) is 0.838. The smallest absolute Gasteiger partial charge is 0.126 e. The Labute approximate surface area is 101 Å². The van der Waals surface area contributed by atoms with Gasteiger partial charge in [0.2, 0.25) is 0 Å². The van der Waals surface area contributed by atoms with Crippen LogP contribution < -0.4 is 5.73 Å². The summed E-state index contributed by atoms with van der Waals surface area (Å²) in [4.78, 5) is 0. The van der Waals surface area contributed by atoms with Crippen molar-refractivity contribution in [3.05, 3.63) is 70.5 Å². The van der Waals surface area contributed by atoms with Crippen LogP contribution in [0.3, 0.4) is 0 Å². The molecule has 0 bridgehead atoms. The Morgan fingerprint density at radius 3 is 2.35 bits per heavy atom. The molecule has 2 aromatic carbocycles. The number of halogens is 1. The topological polar surface area (TPSA) is 26.0 Å². The van der Waals surface area contributed by atoms with Crippen LogP contribution in [0.1, 0.15) is 28.3 Å². The molecular weight excluding hydrogens is 213 g/mol. The van der Waals surface area contributed by atoms with Crippen LogP contribution in [0, 0.1) is 19.7 Å². The molecular formula is C15H16FN. The number of aryl methyl sites for hydroxylation is 2. The van der Waals surface area contributed by atoms with E-state index in [0.29, 0.717) is 5.56 Å². The van der Waals surface area contributed by atoms with Gasteiger partial charge in [-0.3, -0.25) is 0 Å². The second kappa shape index (κ2) is 4.68. The lowest BCUT2D eigenvalue weighted by molar-refractivity contribution is 0.617. The molecule has 2 N–H and O–H groups in total. The molecule has 1 nitrogen and oxygen atoms in total. The van der Waals surface area contributed by atoms with Gasteiger partial charge in [-0.05, 0) is 42.2 Å². The third-order valence-electron chi connectivity index (χ3n) is 3.06. The lowest BCUT2D eigenvalue weighted by atomic mass is 9.95. The fourth-order valence-electron chi connectivity index (χ4n) is 1.98. The highest BCUT2D eigenvalue weighted by atomic mass is 19.1. The zero-order chi connectivity index (χ0) is 12.4. The van der Waals surface area contributed by atoms with Crippen molar-refractivity contribution >= 4 is 0 Å². The number of hydrogen-bond acceptors (Lipinski definition) is 1. The molecule has 0 aromatic heterocycles. The molecule has 1 unspecified atom stereocenters. The third kappa shape index (κ3) is 2.37. The van der Waals surface area contributed by atoms with E-state index in [-0.39, 0.29) is 11.9 Å². The van der Waals surface area contributed by atoms with Gasteiger partial charge >= 0.3 is 0 Å². The first-order chi connectivity index (χ1) is 8.09. The van der Waals surface area contributed by atoms with Gasteiger partial charge in [0.25, 0.3) is 0 Å². The fourth-order valence-corrected chi connectivity index (χ4v) is 1.98. The largest absolute Gasteiger partial charge is 0.320 e. The first-order valence-corrected chi connectivity index (χ1v) is 5.67. The molecule has 0 saturated carbocycles. The van der Waals surface area contributed by atoms with Crippen molar-refractivity contribution in [1.29, 1.82) is 0 Å². The van der Waals surface area contributed by atoms with Crippen molar-refractivity contribution in [2.24, 2.45) is 5.73 Å². The number of benzene rings is 2. The van der Waals surface area contributed by atoms with Crippen molar-refractivity contribution in [2.75, 3.05) is 0 Å². The van der Waals surface area contributed by atoms with Crippen LogP contribution in [-0.4, -0.2) is 0 Å². The molecule has 0 aliphatic carbocycles. The Bertz CT molecular complexity index is 534. The maximum Gasteiger partial charge on any atom is 0.126 e. The predicted molar refractivity (Wildman–Crippen MR) is 68.3 cm³/mol. The number of nitrogens with two attached hydrogens (primary N) is 1.